The number of carbonyl (C=O) groups excluding carboxylic acids is 4. The Balaban J connectivity index is 1.52. The lowest BCUT2D eigenvalue weighted by Gasteiger charge is -2.35. The van der Waals surface area contributed by atoms with Gasteiger partial charge in [0, 0.05) is 0 Å². The largest absolute Gasteiger partial charge is 0.434 e. The van der Waals surface area contributed by atoms with Crippen LogP contribution in [0.5, 0.6) is 0 Å². The molecule has 3 aliphatic rings. The maximum Gasteiger partial charge on any atom is 0.342 e. The summed E-state index contributed by atoms with van der Waals surface area (Å²) in [6, 6.07) is 13.0. The summed E-state index contributed by atoms with van der Waals surface area (Å²) in [6.45, 7) is 3.68. The number of hydrogen-bond donors (Lipinski definition) is 1. The highest BCUT2D eigenvalue weighted by Gasteiger charge is 2.42. The van der Waals surface area contributed by atoms with Crippen molar-refractivity contribution in [1.29, 1.82) is 0 Å². The summed E-state index contributed by atoms with van der Waals surface area (Å²) in [5, 5.41) is 2.24. The summed E-state index contributed by atoms with van der Waals surface area (Å²) in [5.41, 5.74) is 2.78. The minimum Gasteiger partial charge on any atom is -0.434 e. The number of imide groups is 2. The molecule has 1 saturated heterocycles. The van der Waals surface area contributed by atoms with Gasteiger partial charge in [-0.3, -0.25) is 14.9 Å². The second-order valence-corrected chi connectivity index (χ2v) is 7.81. The molecular weight excluding hydrogens is 410 g/mol. The fourth-order valence-electron chi connectivity index (χ4n) is 4.27. The second-order valence-electron chi connectivity index (χ2n) is 7.81. The zero-order valence-electron chi connectivity index (χ0n) is 17.4. The van der Waals surface area contributed by atoms with Crippen molar-refractivity contribution in [1.82, 2.24) is 5.32 Å². The van der Waals surface area contributed by atoms with Gasteiger partial charge in [-0.2, -0.15) is 0 Å². The number of barbiturate groups is 1. The third-order valence-corrected chi connectivity index (χ3v) is 5.91. The van der Waals surface area contributed by atoms with Gasteiger partial charge < -0.3 is 9.64 Å². The minimum absolute atomic E-state index is 0.162. The highest BCUT2D eigenvalue weighted by molar-refractivity contribution is 6.37. The van der Waals surface area contributed by atoms with E-state index in [-0.39, 0.29) is 11.6 Å². The Kier molecular flexibility index (Phi) is 4.44. The number of anilines is 2. The molecule has 1 N–H and O–H groups in total. The summed E-state index contributed by atoms with van der Waals surface area (Å²) in [5.74, 6) is -1.90. The van der Waals surface area contributed by atoms with E-state index in [1.807, 2.05) is 24.0 Å². The molecule has 8 heteroatoms. The number of nitrogens with zero attached hydrogens (tertiary/aromatic N) is 2. The van der Waals surface area contributed by atoms with Crippen molar-refractivity contribution in [2.45, 2.75) is 26.1 Å². The van der Waals surface area contributed by atoms with Crippen molar-refractivity contribution in [3.63, 3.8) is 0 Å². The SMILES string of the molecule is Cc1ccccc1N1C(=O)NC(=O)/C(=C\C2=CC3OC(=O)c4ccccc4N3C2C)C1=O. The molecule has 2 aromatic carbocycles. The van der Waals surface area contributed by atoms with Crippen LogP contribution < -0.4 is 15.1 Å². The van der Waals surface area contributed by atoms with Gasteiger partial charge in [-0.25, -0.2) is 14.5 Å². The third-order valence-electron chi connectivity index (χ3n) is 5.91. The van der Waals surface area contributed by atoms with Gasteiger partial charge in [0.15, 0.2) is 6.23 Å². The monoisotopic (exact) mass is 429 g/mol. The number of urea groups is 1. The van der Waals surface area contributed by atoms with E-state index in [4.69, 9.17) is 4.74 Å². The van der Waals surface area contributed by atoms with Gasteiger partial charge in [-0.15, -0.1) is 0 Å². The average Bonchev–Trinajstić information content (AvgIpc) is 3.07. The van der Waals surface area contributed by atoms with Crippen LogP contribution in [0.3, 0.4) is 0 Å². The molecule has 2 aromatic rings. The molecule has 2 unspecified atom stereocenters. The Morgan fingerprint density at radius 2 is 1.66 bits per heavy atom. The van der Waals surface area contributed by atoms with E-state index in [1.165, 1.54) is 6.08 Å². The Bertz CT molecular complexity index is 1260. The first-order valence-electron chi connectivity index (χ1n) is 10.1. The van der Waals surface area contributed by atoms with Crippen LogP contribution in [0.15, 0.2) is 71.8 Å². The summed E-state index contributed by atoms with van der Waals surface area (Å²) in [6.07, 6.45) is 2.53. The van der Waals surface area contributed by atoms with Gasteiger partial charge >= 0.3 is 12.0 Å². The predicted octanol–water partition coefficient (Wildman–Crippen LogP) is 2.84. The van der Waals surface area contributed by atoms with Crippen molar-refractivity contribution in [3.05, 3.63) is 83.0 Å². The van der Waals surface area contributed by atoms with Gasteiger partial charge in [0.05, 0.1) is 23.0 Å². The first-order valence-corrected chi connectivity index (χ1v) is 10.1. The van der Waals surface area contributed by atoms with Gasteiger partial charge in [0.25, 0.3) is 11.8 Å². The number of hydrogen-bond acceptors (Lipinski definition) is 6. The van der Waals surface area contributed by atoms with Crippen molar-refractivity contribution < 1.29 is 23.9 Å². The minimum atomic E-state index is -0.792. The van der Waals surface area contributed by atoms with Crippen molar-refractivity contribution in [2.75, 3.05) is 9.80 Å². The molecule has 0 aromatic heterocycles. The molecule has 3 heterocycles. The van der Waals surface area contributed by atoms with Gasteiger partial charge in [-0.1, -0.05) is 30.3 Å². The number of para-hydroxylation sites is 2. The molecule has 160 valence electrons. The molecule has 4 amide bonds. The number of rotatable bonds is 2. The average molecular weight is 429 g/mol. The number of nitrogens with one attached hydrogen (secondary N) is 1. The molecule has 0 bridgehead atoms. The molecule has 0 spiro atoms. The Hall–Kier alpha value is -4.20. The number of amides is 4. The molecule has 5 rings (SSSR count). The Labute approximate surface area is 183 Å². The maximum atomic E-state index is 13.2. The molecule has 1 fully saturated rings. The van der Waals surface area contributed by atoms with E-state index in [0.29, 0.717) is 16.8 Å². The first kappa shape index (κ1) is 19.7. The predicted molar refractivity (Wildman–Crippen MR) is 116 cm³/mol. The molecule has 0 aliphatic carbocycles. The third kappa shape index (κ3) is 2.91. The van der Waals surface area contributed by atoms with Gasteiger partial charge in [0.1, 0.15) is 5.57 Å². The lowest BCUT2D eigenvalue weighted by Crippen LogP contribution is -2.54. The molecule has 0 saturated carbocycles. The van der Waals surface area contributed by atoms with E-state index in [0.717, 1.165) is 16.2 Å². The van der Waals surface area contributed by atoms with Gasteiger partial charge in [-0.05, 0) is 55.3 Å². The molecule has 8 nitrogen and oxygen atoms in total. The topological polar surface area (TPSA) is 96.0 Å². The van der Waals surface area contributed by atoms with Crippen molar-refractivity contribution in [2.24, 2.45) is 0 Å². The first-order chi connectivity index (χ1) is 15.4. The van der Waals surface area contributed by atoms with Crippen LogP contribution >= 0.6 is 0 Å². The summed E-state index contributed by atoms with van der Waals surface area (Å²) in [4.78, 5) is 53.5. The fourth-order valence-corrected chi connectivity index (χ4v) is 4.27. The Morgan fingerprint density at radius 3 is 2.41 bits per heavy atom. The number of carbonyl (C=O) groups is 4. The Morgan fingerprint density at radius 1 is 0.969 bits per heavy atom. The van der Waals surface area contributed by atoms with Crippen molar-refractivity contribution in [3.8, 4) is 0 Å². The summed E-state index contributed by atoms with van der Waals surface area (Å²) < 4.78 is 5.53. The van der Waals surface area contributed by atoms with Crippen LogP contribution in [0.1, 0.15) is 22.8 Å². The standard InChI is InChI=1S/C24H19N3O5/c1-13-7-3-5-9-18(13)27-22(29)17(21(28)25-24(27)31)11-15-12-20-26(14(15)2)19-10-6-4-8-16(19)23(30)32-20/h3-12,14,20H,1-2H3,(H,25,28,31)/b17-11+. The maximum absolute atomic E-state index is 13.2. The zero-order chi connectivity index (χ0) is 22.6. The van der Waals surface area contributed by atoms with Crippen LogP contribution in [0, 0.1) is 6.92 Å². The van der Waals surface area contributed by atoms with E-state index in [1.54, 1.807) is 49.4 Å². The summed E-state index contributed by atoms with van der Waals surface area (Å²) >= 11 is 0. The molecule has 32 heavy (non-hydrogen) atoms. The molecule has 3 aliphatic heterocycles. The number of benzene rings is 2. The molecule has 2 atom stereocenters. The van der Waals surface area contributed by atoms with Crippen LogP contribution in [0.4, 0.5) is 16.2 Å². The quantitative estimate of drug-likeness (QED) is 0.448. The van der Waals surface area contributed by atoms with E-state index < -0.39 is 30.0 Å². The lowest BCUT2D eigenvalue weighted by molar-refractivity contribution is -0.122. The molecule has 0 radical (unpaired) electrons. The van der Waals surface area contributed by atoms with Crippen LogP contribution in [0.2, 0.25) is 0 Å². The zero-order valence-corrected chi connectivity index (χ0v) is 17.4. The molecular formula is C24H19N3O5. The highest BCUT2D eigenvalue weighted by atomic mass is 16.6. The van der Waals surface area contributed by atoms with E-state index >= 15 is 0 Å². The number of esters is 1. The lowest BCUT2D eigenvalue weighted by atomic mass is 10.0. The second kappa shape index (κ2) is 7.19. The van der Waals surface area contributed by atoms with Crippen LogP contribution in [-0.4, -0.2) is 36.1 Å². The van der Waals surface area contributed by atoms with Crippen LogP contribution in [0.25, 0.3) is 0 Å². The number of aryl methyl sites for hydroxylation is 1. The van der Waals surface area contributed by atoms with Crippen molar-refractivity contribution >= 4 is 35.2 Å². The van der Waals surface area contributed by atoms with Gasteiger partial charge in [0.2, 0.25) is 0 Å². The highest BCUT2D eigenvalue weighted by Crippen LogP contribution is 2.38. The summed E-state index contributed by atoms with van der Waals surface area (Å²) in [7, 11) is 0. The number of ether oxygens (including phenoxy) is 1. The fraction of sp³-hybridized carbons (Fsp3) is 0.167. The van der Waals surface area contributed by atoms with Crippen LogP contribution in [-0.2, 0) is 14.3 Å². The number of fused-ring (bicyclic) bond motifs is 3. The smallest absolute Gasteiger partial charge is 0.342 e. The van der Waals surface area contributed by atoms with E-state index in [2.05, 4.69) is 5.32 Å². The van der Waals surface area contributed by atoms with E-state index in [9.17, 15) is 19.2 Å². The normalized spacial score (nSPS) is 23.6.